The molecule has 3 N–H and O–H groups in total. The summed E-state index contributed by atoms with van der Waals surface area (Å²) in [6.07, 6.45) is 4.53. The van der Waals surface area contributed by atoms with Crippen LogP contribution in [0.25, 0.3) is 0 Å². The van der Waals surface area contributed by atoms with Gasteiger partial charge >= 0.3 is 0 Å². The number of sulfonamides is 2. The predicted molar refractivity (Wildman–Crippen MR) is 104 cm³/mol. The first-order valence-corrected chi connectivity index (χ1v) is 13.0. The second-order valence-electron chi connectivity index (χ2n) is 7.65. The van der Waals surface area contributed by atoms with E-state index in [2.05, 4.69) is 9.62 Å². The number of nitrogens with two attached hydrogens (primary N) is 1. The first-order valence-electron chi connectivity index (χ1n) is 9.51. The third-order valence-electron chi connectivity index (χ3n) is 5.47. The Labute approximate surface area is 162 Å². The van der Waals surface area contributed by atoms with Crippen LogP contribution in [0.2, 0.25) is 0 Å². The zero-order chi connectivity index (χ0) is 20.1. The molecule has 0 bridgehead atoms. The van der Waals surface area contributed by atoms with Crippen LogP contribution in [0.5, 0.6) is 0 Å². The number of nitrogens with one attached hydrogen (secondary N) is 1. The minimum Gasteiger partial charge on any atom is -0.369 e. The molecule has 2 heterocycles. The van der Waals surface area contributed by atoms with Crippen LogP contribution in [0.1, 0.15) is 32.1 Å². The molecule has 2 aliphatic rings. The van der Waals surface area contributed by atoms with Crippen LogP contribution in [0, 0.1) is 11.8 Å². The summed E-state index contributed by atoms with van der Waals surface area (Å²) in [5.74, 6) is 0.00297. The van der Waals surface area contributed by atoms with Crippen molar-refractivity contribution in [2.75, 3.05) is 51.3 Å². The van der Waals surface area contributed by atoms with Gasteiger partial charge in [-0.15, -0.1) is 0 Å². The van der Waals surface area contributed by atoms with E-state index in [1.54, 1.807) is 0 Å². The lowest BCUT2D eigenvalue weighted by atomic mass is 9.96. The minimum atomic E-state index is -3.28. The zero-order valence-corrected chi connectivity index (χ0v) is 17.6. The highest BCUT2D eigenvalue weighted by Gasteiger charge is 2.28. The molecule has 1 amide bonds. The Morgan fingerprint density at radius 1 is 1.04 bits per heavy atom. The molecule has 0 aromatic rings. The van der Waals surface area contributed by atoms with Crippen LogP contribution in [0.15, 0.2) is 0 Å². The normalized spacial score (nSPS) is 22.1. The van der Waals surface area contributed by atoms with Crippen LogP contribution in [-0.4, -0.2) is 83.2 Å². The Balaban J connectivity index is 1.68. The lowest BCUT2D eigenvalue weighted by Crippen LogP contribution is -2.43. The molecule has 0 spiro atoms. The van der Waals surface area contributed by atoms with Gasteiger partial charge in [-0.2, -0.15) is 0 Å². The molecular formula is C16H32N4O5S2. The smallest absolute Gasteiger partial charge is 0.220 e. The molecular weight excluding hydrogens is 392 g/mol. The summed E-state index contributed by atoms with van der Waals surface area (Å²) in [4.78, 5) is 13.4. The number of hydrogen-bond donors (Lipinski definition) is 2. The molecule has 158 valence electrons. The molecule has 2 fully saturated rings. The average molecular weight is 425 g/mol. The fourth-order valence-electron chi connectivity index (χ4n) is 3.70. The molecule has 2 aliphatic heterocycles. The van der Waals surface area contributed by atoms with Gasteiger partial charge in [-0.05, 0) is 57.7 Å². The maximum absolute atomic E-state index is 12.5. The van der Waals surface area contributed by atoms with Crippen molar-refractivity contribution in [3.63, 3.8) is 0 Å². The second-order valence-corrected chi connectivity index (χ2v) is 11.6. The monoisotopic (exact) mass is 424 g/mol. The van der Waals surface area contributed by atoms with Gasteiger partial charge in [0.2, 0.25) is 26.0 Å². The molecule has 9 nitrogen and oxygen atoms in total. The largest absolute Gasteiger partial charge is 0.369 e. The maximum atomic E-state index is 12.5. The third kappa shape index (κ3) is 7.65. The number of nitrogens with zero attached hydrogens (tertiary/aromatic N) is 2. The third-order valence-corrected chi connectivity index (χ3v) is 8.12. The Kier molecular flexibility index (Phi) is 8.05. The summed E-state index contributed by atoms with van der Waals surface area (Å²) < 4.78 is 51.4. The van der Waals surface area contributed by atoms with Crippen molar-refractivity contribution < 1.29 is 21.6 Å². The van der Waals surface area contributed by atoms with Crippen molar-refractivity contribution in [3.05, 3.63) is 0 Å². The number of likely N-dealkylation sites (tertiary alicyclic amines) is 1. The van der Waals surface area contributed by atoms with Crippen LogP contribution >= 0.6 is 0 Å². The molecule has 27 heavy (non-hydrogen) atoms. The Bertz CT molecular complexity index is 694. The van der Waals surface area contributed by atoms with Crippen molar-refractivity contribution >= 4 is 26.0 Å². The highest BCUT2D eigenvalue weighted by Crippen LogP contribution is 2.20. The van der Waals surface area contributed by atoms with E-state index in [1.807, 2.05) is 0 Å². The van der Waals surface area contributed by atoms with E-state index in [9.17, 15) is 21.6 Å². The molecule has 0 unspecified atom stereocenters. The van der Waals surface area contributed by atoms with E-state index in [0.717, 1.165) is 32.2 Å². The molecule has 0 aromatic heterocycles. The molecule has 11 heteroatoms. The van der Waals surface area contributed by atoms with Gasteiger partial charge in [-0.1, -0.05) is 0 Å². The summed E-state index contributed by atoms with van der Waals surface area (Å²) in [7, 11) is -6.49. The Hall–Kier alpha value is -0.750. The number of carbonyl (C=O) groups excluding carboxylic acids is 1. The summed E-state index contributed by atoms with van der Waals surface area (Å²) in [5.41, 5.74) is 5.33. The molecule has 0 aliphatic carbocycles. The number of primary amides is 1. The molecule has 0 atom stereocenters. The molecule has 2 saturated heterocycles. The van der Waals surface area contributed by atoms with Gasteiger partial charge in [0.15, 0.2) is 0 Å². The van der Waals surface area contributed by atoms with Gasteiger partial charge in [0.1, 0.15) is 0 Å². The number of rotatable bonds is 9. The Morgan fingerprint density at radius 2 is 1.63 bits per heavy atom. The molecule has 2 rings (SSSR count). The number of hydrogen-bond acceptors (Lipinski definition) is 6. The van der Waals surface area contributed by atoms with Gasteiger partial charge in [-0.3, -0.25) is 4.79 Å². The molecule has 0 saturated carbocycles. The Morgan fingerprint density at radius 3 is 2.15 bits per heavy atom. The van der Waals surface area contributed by atoms with E-state index in [-0.39, 0.29) is 23.5 Å². The van der Waals surface area contributed by atoms with E-state index in [1.165, 1.54) is 4.31 Å². The highest BCUT2D eigenvalue weighted by molar-refractivity contribution is 7.89. The number of piperidine rings is 2. The predicted octanol–water partition coefficient (Wildman–Crippen LogP) is -0.835. The fraction of sp³-hybridized carbons (Fsp3) is 0.938. The van der Waals surface area contributed by atoms with Crippen LogP contribution in [0.4, 0.5) is 0 Å². The first-order chi connectivity index (χ1) is 12.6. The van der Waals surface area contributed by atoms with Crippen LogP contribution < -0.4 is 10.5 Å². The summed E-state index contributed by atoms with van der Waals surface area (Å²) >= 11 is 0. The molecule has 0 aromatic carbocycles. The topological polar surface area (TPSA) is 130 Å². The second kappa shape index (κ2) is 9.64. The lowest BCUT2D eigenvalue weighted by Gasteiger charge is -2.32. The van der Waals surface area contributed by atoms with Crippen molar-refractivity contribution in [3.8, 4) is 0 Å². The zero-order valence-electron chi connectivity index (χ0n) is 16.0. The lowest BCUT2D eigenvalue weighted by molar-refractivity contribution is -0.123. The van der Waals surface area contributed by atoms with E-state index < -0.39 is 20.0 Å². The first kappa shape index (κ1) is 22.5. The van der Waals surface area contributed by atoms with Crippen molar-refractivity contribution in [1.82, 2.24) is 13.9 Å². The maximum Gasteiger partial charge on any atom is 0.220 e. The number of carbonyl (C=O) groups is 1. The van der Waals surface area contributed by atoms with Crippen LogP contribution in [-0.2, 0) is 24.8 Å². The standard InChI is InChI=1S/C16H32N4O5S2/c1-26(22,23)18-13-14-3-10-20(11-4-14)27(24,25)12-2-7-19-8-5-15(6-9-19)16(17)21/h14-15,18H,2-13H2,1H3,(H2,17,21). The van der Waals surface area contributed by atoms with Crippen molar-refractivity contribution in [1.29, 1.82) is 0 Å². The molecule has 0 radical (unpaired) electrons. The van der Waals surface area contributed by atoms with Gasteiger partial charge in [0.25, 0.3) is 0 Å². The van der Waals surface area contributed by atoms with Crippen LogP contribution in [0.3, 0.4) is 0 Å². The van der Waals surface area contributed by atoms with Gasteiger partial charge in [-0.25, -0.2) is 25.9 Å². The highest BCUT2D eigenvalue weighted by atomic mass is 32.2. The SMILES string of the molecule is CS(=O)(=O)NCC1CCN(S(=O)(=O)CCCN2CCC(C(N)=O)CC2)CC1. The van der Waals surface area contributed by atoms with Gasteiger partial charge < -0.3 is 10.6 Å². The summed E-state index contributed by atoms with van der Waals surface area (Å²) in [5, 5.41) is 0. The van der Waals surface area contributed by atoms with E-state index in [0.29, 0.717) is 45.4 Å². The summed E-state index contributed by atoms with van der Waals surface area (Å²) in [6.45, 7) is 3.54. The van der Waals surface area contributed by atoms with Crippen molar-refractivity contribution in [2.45, 2.75) is 32.1 Å². The fourth-order valence-corrected chi connectivity index (χ4v) is 5.76. The quantitative estimate of drug-likeness (QED) is 0.497. The van der Waals surface area contributed by atoms with Gasteiger partial charge in [0, 0.05) is 25.6 Å². The summed E-state index contributed by atoms with van der Waals surface area (Å²) in [6, 6.07) is 0. The van der Waals surface area contributed by atoms with Gasteiger partial charge in [0.05, 0.1) is 12.0 Å². The van der Waals surface area contributed by atoms with E-state index >= 15 is 0 Å². The minimum absolute atomic E-state index is 0.0523. The number of amides is 1. The average Bonchev–Trinajstić information content (AvgIpc) is 2.60. The van der Waals surface area contributed by atoms with E-state index in [4.69, 9.17) is 5.73 Å². The van der Waals surface area contributed by atoms with Crippen molar-refractivity contribution in [2.24, 2.45) is 17.6 Å².